The Morgan fingerprint density at radius 1 is 1.50 bits per heavy atom. The molecule has 0 spiro atoms. The molecule has 2 nitrogen and oxygen atoms in total. The third-order valence-electron chi connectivity index (χ3n) is 2.93. The van der Waals surface area contributed by atoms with Crippen LogP contribution in [0.15, 0.2) is 18.2 Å². The lowest BCUT2D eigenvalue weighted by molar-refractivity contribution is 0.414. The number of hydrogen-bond acceptors (Lipinski definition) is 2. The number of fused-ring (bicyclic) bond motifs is 1. The molecule has 0 aromatic heterocycles. The van der Waals surface area contributed by atoms with Crippen LogP contribution in [0.5, 0.6) is 5.75 Å². The quantitative estimate of drug-likeness (QED) is 0.776. The fourth-order valence-corrected chi connectivity index (χ4v) is 1.97. The van der Waals surface area contributed by atoms with Gasteiger partial charge in [-0.25, -0.2) is 0 Å². The summed E-state index contributed by atoms with van der Waals surface area (Å²) >= 11 is 0. The molecule has 76 valence electrons. The minimum Gasteiger partial charge on any atom is -0.497 e. The van der Waals surface area contributed by atoms with Crippen molar-refractivity contribution < 1.29 is 4.74 Å². The van der Waals surface area contributed by atoms with Gasteiger partial charge in [-0.3, -0.25) is 0 Å². The Morgan fingerprint density at radius 3 is 3.07 bits per heavy atom. The molecule has 0 bridgehead atoms. The van der Waals surface area contributed by atoms with Crippen molar-refractivity contribution in [3.63, 3.8) is 0 Å². The number of hydrogen-bond donors (Lipinski definition) is 1. The Kier molecular flexibility index (Phi) is 2.62. The maximum atomic E-state index is 5.21. The first-order valence-electron chi connectivity index (χ1n) is 5.27. The van der Waals surface area contributed by atoms with Gasteiger partial charge in [-0.2, -0.15) is 0 Å². The van der Waals surface area contributed by atoms with Gasteiger partial charge in [0, 0.05) is 11.7 Å². The summed E-state index contributed by atoms with van der Waals surface area (Å²) in [4.78, 5) is 0. The van der Waals surface area contributed by atoms with Gasteiger partial charge in [-0.15, -0.1) is 0 Å². The highest BCUT2D eigenvalue weighted by molar-refractivity contribution is 5.56. The minimum atomic E-state index is 0.649. The Hall–Kier alpha value is -1.18. The van der Waals surface area contributed by atoms with E-state index in [1.165, 1.54) is 24.1 Å². The maximum Gasteiger partial charge on any atom is 0.119 e. The largest absolute Gasteiger partial charge is 0.497 e. The molecule has 0 fully saturated rings. The first kappa shape index (κ1) is 9.38. The molecule has 0 unspecified atom stereocenters. The van der Waals surface area contributed by atoms with E-state index in [2.05, 4.69) is 24.4 Å². The highest BCUT2D eigenvalue weighted by atomic mass is 16.5. The summed E-state index contributed by atoms with van der Waals surface area (Å²) in [6.45, 7) is 2.23. The van der Waals surface area contributed by atoms with Crippen molar-refractivity contribution in [1.29, 1.82) is 0 Å². The van der Waals surface area contributed by atoms with Gasteiger partial charge in [0.2, 0.25) is 0 Å². The molecule has 0 saturated carbocycles. The summed E-state index contributed by atoms with van der Waals surface area (Å²) < 4.78 is 5.21. The van der Waals surface area contributed by atoms with Crippen molar-refractivity contribution in [2.24, 2.45) is 0 Å². The van der Waals surface area contributed by atoms with Crippen LogP contribution in [0.25, 0.3) is 0 Å². The Bertz CT molecular complexity index is 322. The standard InChI is InChI=1S/C12H17NO/c1-3-10-5-4-9-8-11(14-2)6-7-12(9)13-10/h6-8,10,13H,3-5H2,1-2H3/t10-/m0/s1. The third kappa shape index (κ3) is 1.69. The summed E-state index contributed by atoms with van der Waals surface area (Å²) in [5, 5.41) is 3.54. The van der Waals surface area contributed by atoms with Gasteiger partial charge in [0.1, 0.15) is 5.75 Å². The van der Waals surface area contributed by atoms with Gasteiger partial charge in [-0.1, -0.05) is 6.92 Å². The van der Waals surface area contributed by atoms with Gasteiger partial charge < -0.3 is 10.1 Å². The Labute approximate surface area is 85.3 Å². The van der Waals surface area contributed by atoms with E-state index in [1.807, 2.05) is 6.07 Å². The number of rotatable bonds is 2. The lowest BCUT2D eigenvalue weighted by Crippen LogP contribution is -2.24. The zero-order valence-corrected chi connectivity index (χ0v) is 8.84. The minimum absolute atomic E-state index is 0.649. The third-order valence-corrected chi connectivity index (χ3v) is 2.93. The van der Waals surface area contributed by atoms with Crippen LogP contribution in [0, 0.1) is 0 Å². The molecule has 2 heteroatoms. The van der Waals surface area contributed by atoms with E-state index >= 15 is 0 Å². The molecule has 14 heavy (non-hydrogen) atoms. The first-order valence-corrected chi connectivity index (χ1v) is 5.27. The van der Waals surface area contributed by atoms with Crippen molar-refractivity contribution in [1.82, 2.24) is 0 Å². The summed E-state index contributed by atoms with van der Waals surface area (Å²) in [5.41, 5.74) is 2.66. The van der Waals surface area contributed by atoms with Crippen molar-refractivity contribution in [2.75, 3.05) is 12.4 Å². The Balaban J connectivity index is 2.23. The van der Waals surface area contributed by atoms with Gasteiger partial charge in [0.25, 0.3) is 0 Å². The van der Waals surface area contributed by atoms with Crippen LogP contribution < -0.4 is 10.1 Å². The lowest BCUT2D eigenvalue weighted by Gasteiger charge is -2.26. The van der Waals surface area contributed by atoms with E-state index in [0.717, 1.165) is 12.2 Å². The molecule has 0 radical (unpaired) electrons. The molecule has 1 atom stereocenters. The number of methoxy groups -OCH3 is 1. The van der Waals surface area contributed by atoms with Crippen LogP contribution in [0.2, 0.25) is 0 Å². The molecule has 1 heterocycles. The number of aryl methyl sites for hydroxylation is 1. The van der Waals surface area contributed by atoms with E-state index in [-0.39, 0.29) is 0 Å². The molecule has 0 saturated heterocycles. The van der Waals surface area contributed by atoms with E-state index < -0.39 is 0 Å². The van der Waals surface area contributed by atoms with Crippen molar-refractivity contribution in [3.8, 4) is 5.75 Å². The van der Waals surface area contributed by atoms with E-state index in [9.17, 15) is 0 Å². The molecule has 1 aromatic carbocycles. The highest BCUT2D eigenvalue weighted by Gasteiger charge is 2.15. The lowest BCUT2D eigenvalue weighted by atomic mass is 9.96. The number of ether oxygens (including phenoxy) is 1. The number of benzene rings is 1. The second-order valence-electron chi connectivity index (χ2n) is 3.81. The zero-order valence-electron chi connectivity index (χ0n) is 8.84. The van der Waals surface area contributed by atoms with E-state index in [4.69, 9.17) is 4.74 Å². The zero-order chi connectivity index (χ0) is 9.97. The van der Waals surface area contributed by atoms with Crippen LogP contribution in [-0.4, -0.2) is 13.2 Å². The molecule has 1 aliphatic heterocycles. The molecular formula is C12H17NO. The second kappa shape index (κ2) is 3.91. The fourth-order valence-electron chi connectivity index (χ4n) is 1.97. The summed E-state index contributed by atoms with van der Waals surface area (Å²) in [6, 6.07) is 6.92. The van der Waals surface area contributed by atoms with Gasteiger partial charge in [0.15, 0.2) is 0 Å². The van der Waals surface area contributed by atoms with Gasteiger partial charge in [-0.05, 0) is 43.0 Å². The summed E-state index contributed by atoms with van der Waals surface area (Å²) in [6.07, 6.45) is 3.60. The van der Waals surface area contributed by atoms with Crippen LogP contribution in [0.4, 0.5) is 5.69 Å². The average Bonchev–Trinajstić information content (AvgIpc) is 2.27. The van der Waals surface area contributed by atoms with E-state index in [1.54, 1.807) is 7.11 Å². The smallest absolute Gasteiger partial charge is 0.119 e. The Morgan fingerprint density at radius 2 is 2.36 bits per heavy atom. The van der Waals surface area contributed by atoms with Crippen molar-refractivity contribution >= 4 is 5.69 Å². The average molecular weight is 191 g/mol. The molecule has 2 rings (SSSR count). The molecular weight excluding hydrogens is 174 g/mol. The molecule has 1 N–H and O–H groups in total. The van der Waals surface area contributed by atoms with E-state index in [0.29, 0.717) is 6.04 Å². The molecule has 0 aliphatic carbocycles. The number of anilines is 1. The van der Waals surface area contributed by atoms with Gasteiger partial charge >= 0.3 is 0 Å². The molecule has 0 amide bonds. The van der Waals surface area contributed by atoms with Crippen LogP contribution in [-0.2, 0) is 6.42 Å². The van der Waals surface area contributed by atoms with Crippen LogP contribution >= 0.6 is 0 Å². The fraction of sp³-hybridized carbons (Fsp3) is 0.500. The monoisotopic (exact) mass is 191 g/mol. The van der Waals surface area contributed by atoms with Crippen LogP contribution in [0.1, 0.15) is 25.3 Å². The topological polar surface area (TPSA) is 21.3 Å². The highest BCUT2D eigenvalue weighted by Crippen LogP contribution is 2.29. The summed E-state index contributed by atoms with van der Waals surface area (Å²) in [7, 11) is 1.72. The predicted molar refractivity (Wildman–Crippen MR) is 59.0 cm³/mol. The number of nitrogens with one attached hydrogen (secondary N) is 1. The molecule has 1 aromatic rings. The normalized spacial score (nSPS) is 19.7. The summed E-state index contributed by atoms with van der Waals surface area (Å²) in [5.74, 6) is 0.959. The first-order chi connectivity index (χ1) is 6.83. The van der Waals surface area contributed by atoms with Crippen LogP contribution in [0.3, 0.4) is 0 Å². The molecule has 1 aliphatic rings. The SMILES string of the molecule is CC[C@H]1CCc2cc(OC)ccc2N1. The van der Waals surface area contributed by atoms with Crippen molar-refractivity contribution in [3.05, 3.63) is 23.8 Å². The maximum absolute atomic E-state index is 5.21. The predicted octanol–water partition coefficient (Wildman–Crippen LogP) is 2.83. The second-order valence-corrected chi connectivity index (χ2v) is 3.81. The van der Waals surface area contributed by atoms with Crippen molar-refractivity contribution in [2.45, 2.75) is 32.2 Å². The van der Waals surface area contributed by atoms with Gasteiger partial charge in [0.05, 0.1) is 7.11 Å².